The van der Waals surface area contributed by atoms with E-state index in [0.717, 1.165) is 10.8 Å². The van der Waals surface area contributed by atoms with Crippen LogP contribution in [-0.4, -0.2) is 18.4 Å². The molecule has 0 N–H and O–H groups in total. The third-order valence-corrected chi connectivity index (χ3v) is 4.36. The molecule has 0 amide bonds. The van der Waals surface area contributed by atoms with Gasteiger partial charge in [0.25, 0.3) is 0 Å². The summed E-state index contributed by atoms with van der Waals surface area (Å²) >= 11 is 0. The summed E-state index contributed by atoms with van der Waals surface area (Å²) in [6, 6.07) is 17.9. The number of pyridine rings is 2. The van der Waals surface area contributed by atoms with Gasteiger partial charge in [0.2, 0.25) is 11.8 Å². The van der Waals surface area contributed by atoms with E-state index in [0.29, 0.717) is 10.8 Å². The summed E-state index contributed by atoms with van der Waals surface area (Å²) in [4.78, 5) is 7.99. The number of benzene rings is 2. The fraction of sp³-hybridized carbons (Fsp3) is 0. The number of aromatic nitrogens is 2. The van der Waals surface area contributed by atoms with Crippen molar-refractivity contribution in [1.82, 2.24) is 9.97 Å². The molecular formula is C18H12N2O4S. The molecule has 2 heterocycles. The highest BCUT2D eigenvalue weighted by molar-refractivity contribution is 7.82. The van der Waals surface area contributed by atoms with Gasteiger partial charge in [0.15, 0.2) is 0 Å². The SMILES string of the molecule is O=S(=O)(Oc1nccc2ccccc12)Oc1nccc2ccccc12. The molecule has 0 aliphatic heterocycles. The van der Waals surface area contributed by atoms with Crippen LogP contribution in [0.1, 0.15) is 0 Å². The van der Waals surface area contributed by atoms with Crippen LogP contribution in [0.2, 0.25) is 0 Å². The summed E-state index contributed by atoms with van der Waals surface area (Å²) in [6.07, 6.45) is 2.95. The lowest BCUT2D eigenvalue weighted by Gasteiger charge is -2.09. The number of nitrogens with zero attached hydrogens (tertiary/aromatic N) is 2. The van der Waals surface area contributed by atoms with E-state index in [9.17, 15) is 8.42 Å². The van der Waals surface area contributed by atoms with Gasteiger partial charge in [0, 0.05) is 23.2 Å². The van der Waals surface area contributed by atoms with Crippen molar-refractivity contribution < 1.29 is 16.8 Å². The van der Waals surface area contributed by atoms with E-state index in [2.05, 4.69) is 9.97 Å². The van der Waals surface area contributed by atoms with Crippen molar-refractivity contribution in [2.75, 3.05) is 0 Å². The van der Waals surface area contributed by atoms with Gasteiger partial charge in [-0.2, -0.15) is 0 Å². The zero-order valence-corrected chi connectivity index (χ0v) is 13.7. The van der Waals surface area contributed by atoms with Gasteiger partial charge in [-0.3, -0.25) is 0 Å². The average Bonchev–Trinajstić information content (AvgIpc) is 2.62. The molecule has 6 nitrogen and oxygen atoms in total. The molecule has 0 unspecified atom stereocenters. The summed E-state index contributed by atoms with van der Waals surface area (Å²) in [5, 5.41) is 2.77. The van der Waals surface area contributed by atoms with E-state index in [1.807, 2.05) is 24.3 Å². The molecule has 0 spiro atoms. The van der Waals surface area contributed by atoms with Crippen molar-refractivity contribution in [3.63, 3.8) is 0 Å². The Balaban J connectivity index is 1.70. The molecule has 4 aromatic rings. The van der Waals surface area contributed by atoms with E-state index >= 15 is 0 Å². The number of hydrogen-bond donors (Lipinski definition) is 0. The predicted molar refractivity (Wildman–Crippen MR) is 93.7 cm³/mol. The van der Waals surface area contributed by atoms with Crippen molar-refractivity contribution in [2.45, 2.75) is 0 Å². The first-order chi connectivity index (χ1) is 12.1. The standard InChI is InChI=1S/C18H12N2O4S/c21-25(22,23-17-15-7-3-1-5-13(15)9-11-19-17)24-18-16-8-4-2-6-14(16)10-12-20-18/h1-12H. The number of fused-ring (bicyclic) bond motifs is 2. The quantitative estimate of drug-likeness (QED) is 0.559. The van der Waals surface area contributed by atoms with Crippen molar-refractivity contribution >= 4 is 31.9 Å². The molecule has 0 aliphatic carbocycles. The first-order valence-electron chi connectivity index (χ1n) is 7.44. The Morgan fingerprint density at radius 3 is 1.56 bits per heavy atom. The smallest absolute Gasteiger partial charge is 0.331 e. The van der Waals surface area contributed by atoms with Gasteiger partial charge in [0.05, 0.1) is 0 Å². The molecule has 0 aliphatic rings. The molecule has 2 aromatic carbocycles. The third-order valence-electron chi connectivity index (χ3n) is 3.64. The van der Waals surface area contributed by atoms with Crippen molar-refractivity contribution in [3.05, 3.63) is 73.1 Å². The first kappa shape index (κ1) is 15.3. The minimum Gasteiger partial charge on any atom is -0.331 e. The summed E-state index contributed by atoms with van der Waals surface area (Å²) in [7, 11) is -4.40. The van der Waals surface area contributed by atoms with Gasteiger partial charge in [-0.15, -0.1) is 8.42 Å². The summed E-state index contributed by atoms with van der Waals surface area (Å²) in [6.45, 7) is 0. The van der Waals surface area contributed by atoms with E-state index in [1.165, 1.54) is 12.4 Å². The largest absolute Gasteiger partial charge is 0.504 e. The lowest BCUT2D eigenvalue weighted by atomic mass is 10.2. The van der Waals surface area contributed by atoms with Crippen molar-refractivity contribution in [2.24, 2.45) is 0 Å². The maximum atomic E-state index is 12.3. The molecule has 2 aromatic heterocycles. The summed E-state index contributed by atoms with van der Waals surface area (Å²) in [5.74, 6) is -0.0864. The minimum atomic E-state index is -4.40. The predicted octanol–water partition coefficient (Wildman–Crippen LogP) is 3.49. The molecule has 7 heteroatoms. The molecule has 0 saturated carbocycles. The Kier molecular flexibility index (Phi) is 3.70. The van der Waals surface area contributed by atoms with E-state index in [1.54, 1.807) is 36.4 Å². The fourth-order valence-electron chi connectivity index (χ4n) is 2.53. The molecule has 0 bridgehead atoms. The van der Waals surface area contributed by atoms with Gasteiger partial charge in [0.1, 0.15) is 0 Å². The van der Waals surface area contributed by atoms with E-state index in [4.69, 9.17) is 8.37 Å². The molecule has 0 radical (unpaired) electrons. The van der Waals surface area contributed by atoms with Gasteiger partial charge < -0.3 is 8.37 Å². The Morgan fingerprint density at radius 2 is 1.08 bits per heavy atom. The third kappa shape index (κ3) is 3.09. The van der Waals surface area contributed by atoms with Crippen LogP contribution in [-0.2, 0) is 10.4 Å². The molecule has 0 atom stereocenters. The monoisotopic (exact) mass is 352 g/mol. The number of hydrogen-bond acceptors (Lipinski definition) is 6. The Hall–Kier alpha value is -3.19. The van der Waals surface area contributed by atoms with Crippen molar-refractivity contribution in [3.8, 4) is 11.8 Å². The van der Waals surface area contributed by atoms with Crippen LogP contribution in [0, 0.1) is 0 Å². The highest BCUT2D eigenvalue weighted by Gasteiger charge is 2.20. The lowest BCUT2D eigenvalue weighted by Crippen LogP contribution is -2.18. The lowest BCUT2D eigenvalue weighted by molar-refractivity contribution is 0.385. The minimum absolute atomic E-state index is 0.0432. The van der Waals surface area contributed by atoms with Gasteiger partial charge in [-0.05, 0) is 35.0 Å². The van der Waals surface area contributed by atoms with E-state index < -0.39 is 10.4 Å². The second-order valence-corrected chi connectivity index (χ2v) is 6.40. The van der Waals surface area contributed by atoms with Gasteiger partial charge in [-0.1, -0.05) is 36.4 Å². The highest BCUT2D eigenvalue weighted by Crippen LogP contribution is 2.27. The first-order valence-corrected chi connectivity index (χ1v) is 8.77. The Bertz CT molecular complexity index is 1080. The highest BCUT2D eigenvalue weighted by atomic mass is 32.3. The summed E-state index contributed by atoms with van der Waals surface area (Å²) < 4.78 is 34.8. The van der Waals surface area contributed by atoms with Crippen LogP contribution in [0.15, 0.2) is 73.1 Å². The van der Waals surface area contributed by atoms with Crippen molar-refractivity contribution in [1.29, 1.82) is 0 Å². The topological polar surface area (TPSA) is 78.4 Å². The second-order valence-electron chi connectivity index (χ2n) is 5.25. The Morgan fingerprint density at radius 1 is 0.640 bits per heavy atom. The van der Waals surface area contributed by atoms with Crippen LogP contribution < -0.4 is 8.37 Å². The molecule has 0 fully saturated rings. The van der Waals surface area contributed by atoms with Crippen LogP contribution in [0.4, 0.5) is 0 Å². The summed E-state index contributed by atoms with van der Waals surface area (Å²) in [5.41, 5.74) is 0. The zero-order valence-electron chi connectivity index (χ0n) is 12.9. The Labute approximate surface area is 144 Å². The molecule has 124 valence electrons. The molecule has 4 rings (SSSR count). The van der Waals surface area contributed by atoms with E-state index in [-0.39, 0.29) is 11.8 Å². The maximum absolute atomic E-state index is 12.3. The fourth-order valence-corrected chi connectivity index (χ4v) is 3.21. The molecule has 25 heavy (non-hydrogen) atoms. The van der Waals surface area contributed by atoms with Crippen LogP contribution in [0.5, 0.6) is 11.8 Å². The zero-order chi connectivity index (χ0) is 17.3. The molecule has 0 saturated heterocycles. The average molecular weight is 352 g/mol. The van der Waals surface area contributed by atoms with Gasteiger partial charge >= 0.3 is 10.4 Å². The second kappa shape index (κ2) is 6.03. The number of rotatable bonds is 4. The van der Waals surface area contributed by atoms with Crippen LogP contribution in [0.25, 0.3) is 21.5 Å². The van der Waals surface area contributed by atoms with Crippen LogP contribution in [0.3, 0.4) is 0 Å². The normalized spacial score (nSPS) is 11.5. The van der Waals surface area contributed by atoms with Crippen LogP contribution >= 0.6 is 0 Å². The van der Waals surface area contributed by atoms with Gasteiger partial charge in [-0.25, -0.2) is 9.97 Å². The molecular weight excluding hydrogens is 340 g/mol. The maximum Gasteiger partial charge on any atom is 0.504 e.